The lowest BCUT2D eigenvalue weighted by Crippen LogP contribution is -2.42. The molecule has 0 spiro atoms. The summed E-state index contributed by atoms with van der Waals surface area (Å²) >= 11 is 0. The molecule has 0 atom stereocenters. The molecule has 0 aromatic carbocycles. The van der Waals surface area contributed by atoms with Gasteiger partial charge in [0.15, 0.2) is 0 Å². The van der Waals surface area contributed by atoms with Crippen molar-refractivity contribution in [1.29, 1.82) is 0 Å². The summed E-state index contributed by atoms with van der Waals surface area (Å²) in [4.78, 5) is 6.81. The Kier molecular flexibility index (Phi) is 3.83. The number of imidazole rings is 1. The fourth-order valence-electron chi connectivity index (χ4n) is 2.19. The molecule has 1 aromatic rings. The number of aliphatic hydroxyl groups excluding tert-OH is 1. The Hall–Kier alpha value is -1.03. The zero-order valence-electron chi connectivity index (χ0n) is 9.97. The van der Waals surface area contributed by atoms with Crippen molar-refractivity contribution in [3.8, 4) is 0 Å². The van der Waals surface area contributed by atoms with Gasteiger partial charge in [0.25, 0.3) is 0 Å². The quantitative estimate of drug-likeness (QED) is 0.797. The fraction of sp³-hybridized carbons (Fsp3) is 0.750. The van der Waals surface area contributed by atoms with Gasteiger partial charge in [-0.2, -0.15) is 0 Å². The molecule has 1 aromatic heterocycles. The van der Waals surface area contributed by atoms with Gasteiger partial charge in [-0.05, 0) is 32.6 Å². The van der Waals surface area contributed by atoms with E-state index in [-0.39, 0.29) is 6.61 Å². The molecule has 1 aliphatic carbocycles. The van der Waals surface area contributed by atoms with E-state index in [2.05, 4.69) is 21.4 Å². The lowest BCUT2D eigenvalue weighted by Gasteiger charge is -2.38. The van der Waals surface area contributed by atoms with Gasteiger partial charge in [-0.15, -0.1) is 0 Å². The number of aryl methyl sites for hydroxylation is 1. The van der Waals surface area contributed by atoms with Gasteiger partial charge >= 0.3 is 0 Å². The van der Waals surface area contributed by atoms with Crippen molar-refractivity contribution in [2.75, 3.05) is 18.1 Å². The molecule has 0 unspecified atom stereocenters. The Bertz CT molecular complexity index is 320. The number of anilines is 1. The zero-order chi connectivity index (χ0) is 11.4. The summed E-state index contributed by atoms with van der Waals surface area (Å²) < 4.78 is 2.18. The van der Waals surface area contributed by atoms with E-state index < -0.39 is 0 Å². The Labute approximate surface area is 96.9 Å². The smallest absolute Gasteiger partial charge is 0.205 e. The molecular formula is C12H21N3O. The first-order valence-corrected chi connectivity index (χ1v) is 6.25. The van der Waals surface area contributed by atoms with E-state index in [4.69, 9.17) is 5.11 Å². The van der Waals surface area contributed by atoms with Crippen LogP contribution in [0.4, 0.5) is 5.95 Å². The molecule has 0 bridgehead atoms. The van der Waals surface area contributed by atoms with Crippen molar-refractivity contribution in [3.63, 3.8) is 0 Å². The number of nitrogens with zero attached hydrogens (tertiary/aromatic N) is 3. The molecule has 1 N–H and O–H groups in total. The van der Waals surface area contributed by atoms with E-state index in [9.17, 15) is 0 Å². The average molecular weight is 223 g/mol. The van der Waals surface area contributed by atoms with E-state index in [1.807, 2.05) is 12.4 Å². The number of rotatable bonds is 6. The van der Waals surface area contributed by atoms with E-state index >= 15 is 0 Å². The Morgan fingerprint density at radius 1 is 1.56 bits per heavy atom. The molecule has 0 aliphatic heterocycles. The maximum atomic E-state index is 8.96. The third kappa shape index (κ3) is 2.21. The van der Waals surface area contributed by atoms with Gasteiger partial charge in [0.05, 0.1) is 0 Å². The molecule has 4 heteroatoms. The van der Waals surface area contributed by atoms with Crippen molar-refractivity contribution in [3.05, 3.63) is 12.4 Å². The molecule has 1 heterocycles. The highest BCUT2D eigenvalue weighted by molar-refractivity contribution is 5.34. The van der Waals surface area contributed by atoms with Gasteiger partial charge in [0.1, 0.15) is 0 Å². The molecule has 1 aliphatic rings. The molecule has 1 saturated carbocycles. The predicted molar refractivity (Wildman–Crippen MR) is 64.6 cm³/mol. The molecule has 0 radical (unpaired) electrons. The van der Waals surface area contributed by atoms with Crippen LogP contribution in [0.3, 0.4) is 0 Å². The summed E-state index contributed by atoms with van der Waals surface area (Å²) in [7, 11) is 0. The molecule has 16 heavy (non-hydrogen) atoms. The van der Waals surface area contributed by atoms with E-state index in [0.717, 1.165) is 25.5 Å². The summed E-state index contributed by atoms with van der Waals surface area (Å²) in [6.45, 7) is 4.27. The van der Waals surface area contributed by atoms with Crippen LogP contribution in [0.15, 0.2) is 12.4 Å². The SMILES string of the molecule is CCn1ccnc1N(CCCO)C1CCC1. The standard InChI is InChI=1S/C12H21N3O/c1-2-14-9-7-13-12(14)15(8-4-10-16)11-5-3-6-11/h7,9,11,16H,2-6,8,10H2,1H3. The van der Waals surface area contributed by atoms with Gasteiger partial charge in [-0.3, -0.25) is 0 Å². The second kappa shape index (κ2) is 5.34. The molecule has 90 valence electrons. The molecule has 0 saturated heterocycles. The van der Waals surface area contributed by atoms with E-state index in [1.54, 1.807) is 0 Å². The number of hydrogen-bond donors (Lipinski definition) is 1. The van der Waals surface area contributed by atoms with E-state index in [0.29, 0.717) is 6.04 Å². The van der Waals surface area contributed by atoms with Crippen LogP contribution in [0, 0.1) is 0 Å². The average Bonchev–Trinajstić information content (AvgIpc) is 2.69. The third-order valence-electron chi connectivity index (χ3n) is 3.36. The Morgan fingerprint density at radius 2 is 2.38 bits per heavy atom. The van der Waals surface area contributed by atoms with Crippen molar-refractivity contribution in [2.45, 2.75) is 45.2 Å². The first-order chi connectivity index (χ1) is 7.86. The summed E-state index contributed by atoms with van der Waals surface area (Å²) in [5.41, 5.74) is 0. The van der Waals surface area contributed by atoms with Crippen LogP contribution in [0.1, 0.15) is 32.6 Å². The van der Waals surface area contributed by atoms with Crippen LogP contribution in [0.2, 0.25) is 0 Å². The molecule has 4 nitrogen and oxygen atoms in total. The lowest BCUT2D eigenvalue weighted by molar-refractivity contribution is 0.282. The van der Waals surface area contributed by atoms with Crippen molar-refractivity contribution in [2.24, 2.45) is 0 Å². The zero-order valence-corrected chi connectivity index (χ0v) is 9.97. The van der Waals surface area contributed by atoms with Crippen LogP contribution in [-0.4, -0.2) is 33.9 Å². The summed E-state index contributed by atoms with van der Waals surface area (Å²) in [6, 6.07) is 0.638. The second-order valence-electron chi connectivity index (χ2n) is 4.37. The minimum Gasteiger partial charge on any atom is -0.396 e. The molecule has 2 rings (SSSR count). The van der Waals surface area contributed by atoms with Crippen LogP contribution in [-0.2, 0) is 6.54 Å². The molecule has 1 fully saturated rings. The number of hydrogen-bond acceptors (Lipinski definition) is 3. The Balaban J connectivity index is 2.10. The Morgan fingerprint density at radius 3 is 2.94 bits per heavy atom. The minimum absolute atomic E-state index is 0.260. The second-order valence-corrected chi connectivity index (χ2v) is 4.37. The topological polar surface area (TPSA) is 41.3 Å². The lowest BCUT2D eigenvalue weighted by atomic mass is 9.91. The monoisotopic (exact) mass is 223 g/mol. The molecular weight excluding hydrogens is 202 g/mol. The van der Waals surface area contributed by atoms with Gasteiger partial charge in [-0.25, -0.2) is 4.98 Å². The summed E-state index contributed by atoms with van der Waals surface area (Å²) in [5.74, 6) is 1.07. The van der Waals surface area contributed by atoms with Crippen LogP contribution >= 0.6 is 0 Å². The highest BCUT2D eigenvalue weighted by Crippen LogP contribution is 2.28. The maximum Gasteiger partial charge on any atom is 0.205 e. The van der Waals surface area contributed by atoms with E-state index in [1.165, 1.54) is 19.3 Å². The third-order valence-corrected chi connectivity index (χ3v) is 3.36. The fourth-order valence-corrected chi connectivity index (χ4v) is 2.19. The first-order valence-electron chi connectivity index (χ1n) is 6.25. The number of aromatic nitrogens is 2. The normalized spacial score (nSPS) is 16.1. The number of aliphatic hydroxyl groups is 1. The van der Waals surface area contributed by atoms with Crippen LogP contribution < -0.4 is 4.90 Å². The largest absolute Gasteiger partial charge is 0.396 e. The van der Waals surface area contributed by atoms with Gasteiger partial charge in [-0.1, -0.05) is 0 Å². The van der Waals surface area contributed by atoms with Gasteiger partial charge in [0, 0.05) is 38.1 Å². The highest BCUT2D eigenvalue weighted by atomic mass is 16.3. The van der Waals surface area contributed by atoms with Gasteiger partial charge < -0.3 is 14.6 Å². The summed E-state index contributed by atoms with van der Waals surface area (Å²) in [6.07, 6.45) is 8.58. The maximum absolute atomic E-state index is 8.96. The highest BCUT2D eigenvalue weighted by Gasteiger charge is 2.27. The first kappa shape index (κ1) is 11.5. The van der Waals surface area contributed by atoms with Crippen molar-refractivity contribution >= 4 is 5.95 Å². The van der Waals surface area contributed by atoms with Gasteiger partial charge in [0.2, 0.25) is 5.95 Å². The van der Waals surface area contributed by atoms with Crippen molar-refractivity contribution < 1.29 is 5.11 Å². The predicted octanol–water partition coefficient (Wildman–Crippen LogP) is 1.64. The van der Waals surface area contributed by atoms with Crippen LogP contribution in [0.5, 0.6) is 0 Å². The minimum atomic E-state index is 0.260. The van der Waals surface area contributed by atoms with Crippen LogP contribution in [0.25, 0.3) is 0 Å². The summed E-state index contributed by atoms with van der Waals surface area (Å²) in [5, 5.41) is 8.96. The molecule has 0 amide bonds. The van der Waals surface area contributed by atoms with Crippen molar-refractivity contribution in [1.82, 2.24) is 9.55 Å².